The van der Waals surface area contributed by atoms with Crippen LogP contribution in [0.3, 0.4) is 0 Å². The summed E-state index contributed by atoms with van der Waals surface area (Å²) in [6.45, 7) is 2.23. The van der Waals surface area contributed by atoms with Gasteiger partial charge in [-0.25, -0.2) is 4.39 Å². The first-order chi connectivity index (χ1) is 9.16. The number of carbonyl (C=O) groups excluding carboxylic acids is 1. The molecule has 0 amide bonds. The van der Waals surface area contributed by atoms with Gasteiger partial charge in [0.1, 0.15) is 5.82 Å². The first-order valence-electron chi connectivity index (χ1n) is 6.96. The zero-order valence-corrected chi connectivity index (χ0v) is 11.1. The molecule has 1 aliphatic carbocycles. The molecule has 19 heavy (non-hydrogen) atoms. The van der Waals surface area contributed by atoms with Crippen molar-refractivity contribution in [3.63, 3.8) is 0 Å². The van der Waals surface area contributed by atoms with E-state index in [1.165, 1.54) is 6.07 Å². The number of aromatic amines is 1. The fourth-order valence-electron chi connectivity index (χ4n) is 3.08. The quantitative estimate of drug-likeness (QED) is 0.801. The van der Waals surface area contributed by atoms with Gasteiger partial charge in [-0.1, -0.05) is 25.8 Å². The van der Waals surface area contributed by atoms with Crippen LogP contribution in [0.1, 0.15) is 43.0 Å². The van der Waals surface area contributed by atoms with E-state index in [2.05, 4.69) is 11.9 Å². The number of aromatic nitrogens is 1. The molecule has 1 N–H and O–H groups in total. The Balaban J connectivity index is 1.94. The molecule has 2 nitrogen and oxygen atoms in total. The van der Waals surface area contributed by atoms with Crippen molar-refractivity contribution < 1.29 is 9.18 Å². The predicted octanol–water partition coefficient (Wildman–Crippen LogP) is 4.32. The molecule has 1 aliphatic rings. The Morgan fingerprint density at radius 1 is 1.26 bits per heavy atom. The normalized spacial score (nSPS) is 23.7. The van der Waals surface area contributed by atoms with Gasteiger partial charge < -0.3 is 4.98 Å². The highest BCUT2D eigenvalue weighted by atomic mass is 19.1. The zero-order chi connectivity index (χ0) is 13.4. The third kappa shape index (κ3) is 2.18. The van der Waals surface area contributed by atoms with Gasteiger partial charge in [-0.15, -0.1) is 0 Å². The van der Waals surface area contributed by atoms with Crippen molar-refractivity contribution in [1.29, 1.82) is 0 Å². The van der Waals surface area contributed by atoms with E-state index in [9.17, 15) is 9.18 Å². The average molecular weight is 259 g/mol. The van der Waals surface area contributed by atoms with E-state index >= 15 is 0 Å². The molecule has 0 radical (unpaired) electrons. The zero-order valence-electron chi connectivity index (χ0n) is 11.1. The second-order valence-corrected chi connectivity index (χ2v) is 5.69. The smallest absolute Gasteiger partial charge is 0.168 e. The van der Waals surface area contributed by atoms with Crippen LogP contribution in [0.2, 0.25) is 0 Å². The number of Topliss-reactive ketones (excluding diaryl/α,β-unsaturated/α-hetero) is 1. The van der Waals surface area contributed by atoms with E-state index in [-0.39, 0.29) is 17.5 Å². The van der Waals surface area contributed by atoms with E-state index in [0.717, 1.165) is 25.7 Å². The highest BCUT2D eigenvalue weighted by Crippen LogP contribution is 2.32. The minimum Gasteiger partial charge on any atom is -0.360 e. The second-order valence-electron chi connectivity index (χ2n) is 5.69. The van der Waals surface area contributed by atoms with Crippen molar-refractivity contribution in [2.24, 2.45) is 11.8 Å². The SMILES string of the molecule is CC1CCC(C(=O)c2c[nH]c3cccc(F)c23)CC1. The molecule has 0 bridgehead atoms. The molecule has 0 atom stereocenters. The van der Waals surface area contributed by atoms with E-state index in [4.69, 9.17) is 0 Å². The lowest BCUT2D eigenvalue weighted by molar-refractivity contribution is 0.0877. The first kappa shape index (κ1) is 12.4. The number of hydrogen-bond donors (Lipinski definition) is 1. The number of benzene rings is 1. The molecule has 1 saturated carbocycles. The number of halogens is 1. The van der Waals surface area contributed by atoms with Crippen LogP contribution in [-0.4, -0.2) is 10.8 Å². The van der Waals surface area contributed by atoms with Gasteiger partial charge in [0.15, 0.2) is 5.78 Å². The largest absolute Gasteiger partial charge is 0.360 e. The summed E-state index contributed by atoms with van der Waals surface area (Å²) in [7, 11) is 0. The molecule has 100 valence electrons. The van der Waals surface area contributed by atoms with Gasteiger partial charge in [-0.3, -0.25) is 4.79 Å². The summed E-state index contributed by atoms with van der Waals surface area (Å²) in [5.41, 5.74) is 1.22. The van der Waals surface area contributed by atoms with Gasteiger partial charge >= 0.3 is 0 Å². The van der Waals surface area contributed by atoms with Crippen molar-refractivity contribution in [2.45, 2.75) is 32.6 Å². The maximum absolute atomic E-state index is 13.9. The van der Waals surface area contributed by atoms with E-state index in [0.29, 0.717) is 22.4 Å². The molecule has 1 heterocycles. The van der Waals surface area contributed by atoms with E-state index < -0.39 is 0 Å². The van der Waals surface area contributed by atoms with Crippen LogP contribution in [0.4, 0.5) is 4.39 Å². The van der Waals surface area contributed by atoms with Crippen molar-refractivity contribution >= 4 is 16.7 Å². The number of carbonyl (C=O) groups is 1. The van der Waals surface area contributed by atoms with Gasteiger partial charge in [-0.05, 0) is 30.9 Å². The summed E-state index contributed by atoms with van der Waals surface area (Å²) in [6, 6.07) is 4.87. The summed E-state index contributed by atoms with van der Waals surface area (Å²) >= 11 is 0. The molecule has 0 saturated heterocycles. The summed E-state index contributed by atoms with van der Waals surface area (Å²) in [4.78, 5) is 15.5. The standard InChI is InChI=1S/C16H18FNO/c1-10-5-7-11(8-6-10)16(19)12-9-18-14-4-2-3-13(17)15(12)14/h2-4,9-11,18H,5-8H2,1H3. The molecule has 0 spiro atoms. The highest BCUT2D eigenvalue weighted by molar-refractivity contribution is 6.09. The van der Waals surface area contributed by atoms with Gasteiger partial charge in [0.05, 0.1) is 0 Å². The molecule has 0 aliphatic heterocycles. The number of ketones is 1. The second kappa shape index (κ2) is 4.80. The molecule has 1 aromatic carbocycles. The van der Waals surface area contributed by atoms with Gasteiger partial charge in [-0.2, -0.15) is 0 Å². The summed E-state index contributed by atoms with van der Waals surface area (Å²) < 4.78 is 13.9. The lowest BCUT2D eigenvalue weighted by Gasteiger charge is -2.24. The lowest BCUT2D eigenvalue weighted by Crippen LogP contribution is -2.20. The van der Waals surface area contributed by atoms with E-state index in [1.54, 1.807) is 18.3 Å². The fraction of sp³-hybridized carbons (Fsp3) is 0.438. The molecule has 3 heteroatoms. The maximum Gasteiger partial charge on any atom is 0.168 e. The molecule has 3 rings (SSSR count). The number of hydrogen-bond acceptors (Lipinski definition) is 1. The fourth-order valence-corrected chi connectivity index (χ4v) is 3.08. The van der Waals surface area contributed by atoms with Gasteiger partial charge in [0.25, 0.3) is 0 Å². The van der Waals surface area contributed by atoms with E-state index in [1.807, 2.05) is 0 Å². The number of nitrogens with one attached hydrogen (secondary N) is 1. The number of H-pyrrole nitrogens is 1. The third-order valence-corrected chi connectivity index (χ3v) is 4.31. The molecule has 2 aromatic rings. The van der Waals surface area contributed by atoms with Crippen molar-refractivity contribution in [1.82, 2.24) is 4.98 Å². The van der Waals surface area contributed by atoms with Crippen molar-refractivity contribution in [2.75, 3.05) is 0 Å². The highest BCUT2D eigenvalue weighted by Gasteiger charge is 2.27. The molecular weight excluding hydrogens is 241 g/mol. The molecule has 1 aromatic heterocycles. The molecular formula is C16H18FNO. The van der Waals surface area contributed by atoms with Crippen LogP contribution in [0.5, 0.6) is 0 Å². The van der Waals surface area contributed by atoms with Gasteiger partial charge in [0.2, 0.25) is 0 Å². The summed E-state index contributed by atoms with van der Waals surface area (Å²) in [5, 5.41) is 0.450. The van der Waals surface area contributed by atoms with Crippen molar-refractivity contribution in [3.05, 3.63) is 35.8 Å². The Labute approximate surface area is 112 Å². The Morgan fingerprint density at radius 2 is 2.00 bits per heavy atom. The van der Waals surface area contributed by atoms with Crippen molar-refractivity contribution in [3.8, 4) is 0 Å². The topological polar surface area (TPSA) is 32.9 Å². The Morgan fingerprint density at radius 3 is 2.74 bits per heavy atom. The Bertz CT molecular complexity index is 608. The van der Waals surface area contributed by atoms with Crippen LogP contribution in [0.25, 0.3) is 10.9 Å². The monoisotopic (exact) mass is 259 g/mol. The lowest BCUT2D eigenvalue weighted by atomic mass is 9.79. The molecule has 0 unspecified atom stereocenters. The predicted molar refractivity (Wildman–Crippen MR) is 73.7 cm³/mol. The number of fused-ring (bicyclic) bond motifs is 1. The van der Waals surface area contributed by atoms with Crippen LogP contribution in [0.15, 0.2) is 24.4 Å². The Hall–Kier alpha value is -1.64. The minimum atomic E-state index is -0.314. The first-order valence-corrected chi connectivity index (χ1v) is 6.96. The summed E-state index contributed by atoms with van der Waals surface area (Å²) in [6.07, 6.45) is 5.72. The summed E-state index contributed by atoms with van der Waals surface area (Å²) in [5.74, 6) is 0.563. The Kier molecular flexibility index (Phi) is 3.13. The van der Waals surface area contributed by atoms with Crippen LogP contribution in [0, 0.1) is 17.7 Å². The molecule has 1 fully saturated rings. The third-order valence-electron chi connectivity index (χ3n) is 4.31. The maximum atomic E-state index is 13.9. The van der Waals surface area contributed by atoms with Crippen LogP contribution >= 0.6 is 0 Å². The average Bonchev–Trinajstić information content (AvgIpc) is 2.84. The number of rotatable bonds is 2. The minimum absolute atomic E-state index is 0.0646. The van der Waals surface area contributed by atoms with Gasteiger partial charge in [0, 0.05) is 28.6 Å². The van der Waals surface area contributed by atoms with Crippen LogP contribution < -0.4 is 0 Å². The van der Waals surface area contributed by atoms with Crippen LogP contribution in [-0.2, 0) is 0 Å².